The Balaban J connectivity index is 1.29. The van der Waals surface area contributed by atoms with E-state index in [1.165, 1.54) is 0 Å². The standard InChI is InChI=1S/C26H27ClN4O5S/c27-20-12-7-6-11-19(20)24(33)29-21-14-16-37-23(21)25(34)31-30-22(32)13-5-2-8-15-28-26(35)36-17-18-9-3-1-4-10-18/h1,3-4,6-7,9-12,14,16H,2,5,8,13,15,17H2,(H,28,35)(H,29,33)(H,30,32)(H,31,34). The molecule has 1 aromatic heterocycles. The number of ether oxygens (including phenoxy) is 1. The quantitative estimate of drug-likeness (QED) is 0.202. The van der Waals surface area contributed by atoms with Crippen molar-refractivity contribution in [2.75, 3.05) is 11.9 Å². The highest BCUT2D eigenvalue weighted by Crippen LogP contribution is 2.24. The zero-order valence-corrected chi connectivity index (χ0v) is 21.5. The van der Waals surface area contributed by atoms with Crippen LogP contribution in [-0.2, 0) is 16.1 Å². The smallest absolute Gasteiger partial charge is 0.407 e. The lowest BCUT2D eigenvalue weighted by Gasteiger charge is -2.10. The summed E-state index contributed by atoms with van der Waals surface area (Å²) in [5.74, 6) is -1.33. The first-order valence-electron chi connectivity index (χ1n) is 11.6. The first kappa shape index (κ1) is 27.7. The van der Waals surface area contributed by atoms with Gasteiger partial charge in [-0.05, 0) is 42.0 Å². The van der Waals surface area contributed by atoms with Crippen molar-refractivity contribution < 1.29 is 23.9 Å². The lowest BCUT2D eigenvalue weighted by molar-refractivity contribution is -0.122. The Hall–Kier alpha value is -3.89. The molecule has 0 spiro atoms. The third-order valence-corrected chi connectivity index (χ3v) is 6.36. The number of thiophene rings is 1. The maximum atomic E-state index is 12.5. The molecule has 4 N–H and O–H groups in total. The summed E-state index contributed by atoms with van der Waals surface area (Å²) in [6.45, 7) is 0.645. The molecule has 0 saturated carbocycles. The lowest BCUT2D eigenvalue weighted by Crippen LogP contribution is -2.41. The van der Waals surface area contributed by atoms with Gasteiger partial charge in [0.2, 0.25) is 5.91 Å². The molecule has 0 aliphatic heterocycles. The molecule has 11 heteroatoms. The van der Waals surface area contributed by atoms with Gasteiger partial charge in [-0.2, -0.15) is 0 Å². The fourth-order valence-corrected chi connectivity index (χ4v) is 4.18. The van der Waals surface area contributed by atoms with E-state index in [1.807, 2.05) is 30.3 Å². The fraction of sp³-hybridized carbons (Fsp3) is 0.231. The van der Waals surface area contributed by atoms with E-state index in [0.29, 0.717) is 36.5 Å². The molecule has 0 saturated heterocycles. The molecule has 0 radical (unpaired) electrons. The summed E-state index contributed by atoms with van der Waals surface area (Å²) in [7, 11) is 0. The van der Waals surface area contributed by atoms with Crippen LogP contribution in [0.1, 0.15) is 51.3 Å². The molecule has 0 unspecified atom stereocenters. The Morgan fingerprint density at radius 1 is 0.838 bits per heavy atom. The number of amides is 4. The van der Waals surface area contributed by atoms with Crippen LogP contribution < -0.4 is 21.5 Å². The molecule has 0 aliphatic carbocycles. The van der Waals surface area contributed by atoms with Crippen molar-refractivity contribution in [3.8, 4) is 0 Å². The number of alkyl carbamates (subject to hydrolysis) is 1. The van der Waals surface area contributed by atoms with Gasteiger partial charge in [0.05, 0.1) is 16.3 Å². The van der Waals surface area contributed by atoms with E-state index in [9.17, 15) is 19.2 Å². The van der Waals surface area contributed by atoms with Crippen LogP contribution >= 0.6 is 22.9 Å². The van der Waals surface area contributed by atoms with Crippen LogP contribution in [0.3, 0.4) is 0 Å². The van der Waals surface area contributed by atoms with Crippen LogP contribution in [0.4, 0.5) is 10.5 Å². The molecule has 3 rings (SSSR count). The second-order valence-electron chi connectivity index (χ2n) is 7.90. The van der Waals surface area contributed by atoms with Gasteiger partial charge in [0.15, 0.2) is 0 Å². The van der Waals surface area contributed by atoms with Gasteiger partial charge in [-0.1, -0.05) is 60.5 Å². The minimum atomic E-state index is -0.545. The Bertz CT molecular complexity index is 1220. The van der Waals surface area contributed by atoms with Gasteiger partial charge in [-0.3, -0.25) is 25.2 Å². The molecule has 1 heterocycles. The second kappa shape index (κ2) is 14.6. The molecule has 2 aromatic carbocycles. The van der Waals surface area contributed by atoms with Gasteiger partial charge < -0.3 is 15.4 Å². The van der Waals surface area contributed by atoms with Crippen LogP contribution in [-0.4, -0.2) is 30.4 Å². The summed E-state index contributed by atoms with van der Waals surface area (Å²) in [5, 5.41) is 7.30. The van der Waals surface area contributed by atoms with Crippen molar-refractivity contribution in [2.45, 2.75) is 32.3 Å². The Kier molecular flexibility index (Phi) is 10.9. The lowest BCUT2D eigenvalue weighted by atomic mass is 10.2. The minimum absolute atomic E-state index is 0.208. The first-order valence-corrected chi connectivity index (χ1v) is 12.9. The van der Waals surface area contributed by atoms with Crippen LogP contribution in [0.15, 0.2) is 66.0 Å². The van der Waals surface area contributed by atoms with E-state index >= 15 is 0 Å². The number of unbranched alkanes of at least 4 members (excludes halogenated alkanes) is 2. The van der Waals surface area contributed by atoms with E-state index in [-0.39, 0.29) is 29.4 Å². The summed E-state index contributed by atoms with van der Waals surface area (Å²) in [6.07, 6.45) is 1.70. The molecule has 0 fully saturated rings. The third kappa shape index (κ3) is 9.25. The van der Waals surface area contributed by atoms with Gasteiger partial charge in [0.25, 0.3) is 11.8 Å². The zero-order chi connectivity index (χ0) is 26.5. The summed E-state index contributed by atoms with van der Waals surface area (Å²) in [5.41, 5.74) is 6.26. The van der Waals surface area contributed by atoms with Gasteiger partial charge in [0.1, 0.15) is 11.5 Å². The van der Waals surface area contributed by atoms with Gasteiger partial charge >= 0.3 is 6.09 Å². The predicted octanol–water partition coefficient (Wildman–Crippen LogP) is 4.90. The van der Waals surface area contributed by atoms with Gasteiger partial charge in [-0.15, -0.1) is 11.3 Å². The molecule has 4 amide bonds. The zero-order valence-electron chi connectivity index (χ0n) is 19.9. The molecule has 37 heavy (non-hydrogen) atoms. The van der Waals surface area contributed by atoms with E-state index in [0.717, 1.165) is 16.9 Å². The van der Waals surface area contributed by atoms with E-state index in [2.05, 4.69) is 21.5 Å². The second-order valence-corrected chi connectivity index (χ2v) is 9.22. The summed E-state index contributed by atoms with van der Waals surface area (Å²) < 4.78 is 5.13. The number of hydrogen-bond donors (Lipinski definition) is 4. The number of hydrazine groups is 1. The van der Waals surface area contributed by atoms with Gasteiger partial charge in [0, 0.05) is 13.0 Å². The maximum Gasteiger partial charge on any atom is 0.407 e. The summed E-state index contributed by atoms with van der Waals surface area (Å²) in [4.78, 5) is 49.0. The molecule has 0 bridgehead atoms. The Morgan fingerprint density at radius 3 is 2.38 bits per heavy atom. The molecule has 9 nitrogen and oxygen atoms in total. The number of halogens is 1. The van der Waals surface area contributed by atoms with Crippen molar-refractivity contribution in [1.82, 2.24) is 16.2 Å². The predicted molar refractivity (Wildman–Crippen MR) is 142 cm³/mol. The molecular formula is C26H27ClN4O5S. The number of hydrogen-bond acceptors (Lipinski definition) is 6. The number of anilines is 1. The maximum absolute atomic E-state index is 12.5. The molecule has 3 aromatic rings. The van der Waals surface area contributed by atoms with Gasteiger partial charge in [-0.25, -0.2) is 4.79 Å². The van der Waals surface area contributed by atoms with Crippen LogP contribution in [0, 0.1) is 0 Å². The van der Waals surface area contributed by atoms with Crippen molar-refractivity contribution >= 4 is 52.4 Å². The number of rotatable bonds is 11. The third-order valence-electron chi connectivity index (χ3n) is 5.12. The molecule has 0 aliphatic rings. The van der Waals surface area contributed by atoms with Crippen molar-refractivity contribution in [2.24, 2.45) is 0 Å². The fourth-order valence-electron chi connectivity index (χ4n) is 3.22. The van der Waals surface area contributed by atoms with E-state index in [1.54, 1.807) is 35.7 Å². The van der Waals surface area contributed by atoms with Crippen molar-refractivity contribution in [3.63, 3.8) is 0 Å². The van der Waals surface area contributed by atoms with E-state index in [4.69, 9.17) is 16.3 Å². The van der Waals surface area contributed by atoms with E-state index < -0.39 is 17.9 Å². The Morgan fingerprint density at radius 2 is 1.59 bits per heavy atom. The number of nitrogens with one attached hydrogen (secondary N) is 4. The van der Waals surface area contributed by atoms with Crippen molar-refractivity contribution in [1.29, 1.82) is 0 Å². The number of benzene rings is 2. The molecule has 194 valence electrons. The molecular weight excluding hydrogens is 516 g/mol. The largest absolute Gasteiger partial charge is 0.445 e. The van der Waals surface area contributed by atoms with Crippen LogP contribution in [0.25, 0.3) is 0 Å². The number of carbonyl (C=O) groups excluding carboxylic acids is 4. The average molecular weight is 543 g/mol. The van der Waals surface area contributed by atoms with Crippen LogP contribution in [0.5, 0.6) is 0 Å². The normalized spacial score (nSPS) is 10.3. The molecule has 0 atom stereocenters. The average Bonchev–Trinajstić information content (AvgIpc) is 3.37. The minimum Gasteiger partial charge on any atom is -0.445 e. The monoisotopic (exact) mass is 542 g/mol. The Labute approximate surface area is 223 Å². The summed E-state index contributed by atoms with van der Waals surface area (Å²) >= 11 is 7.18. The SMILES string of the molecule is O=C(CCCCCNC(=O)OCc1ccccc1)NNC(=O)c1sccc1NC(=O)c1ccccc1Cl. The number of carbonyl (C=O) groups is 4. The van der Waals surface area contributed by atoms with Crippen LogP contribution in [0.2, 0.25) is 5.02 Å². The van der Waals surface area contributed by atoms with Crippen molar-refractivity contribution in [3.05, 3.63) is 87.1 Å². The first-order chi connectivity index (χ1) is 17.9. The highest BCUT2D eigenvalue weighted by Gasteiger charge is 2.17. The highest BCUT2D eigenvalue weighted by atomic mass is 35.5. The highest BCUT2D eigenvalue weighted by molar-refractivity contribution is 7.12. The topological polar surface area (TPSA) is 126 Å². The summed E-state index contributed by atoms with van der Waals surface area (Å²) in [6, 6.07) is 17.6.